The Balaban J connectivity index is 0.00000341. The van der Waals surface area contributed by atoms with Gasteiger partial charge in [0.25, 0.3) is 0 Å². The summed E-state index contributed by atoms with van der Waals surface area (Å²) in [6.45, 7) is 2.34. The second-order valence-electron chi connectivity index (χ2n) is 7.11. The van der Waals surface area contributed by atoms with Crippen molar-refractivity contribution in [1.29, 1.82) is 0 Å². The number of benzene rings is 2. The average molecular weight is 488 g/mol. The molecule has 9 heteroatoms. The average Bonchev–Trinajstić information content (AvgIpc) is 2.75. The van der Waals surface area contributed by atoms with Gasteiger partial charge in [-0.15, -0.1) is 12.4 Å². The number of carboxylic acids is 1. The van der Waals surface area contributed by atoms with Crippen LogP contribution in [0, 0.1) is 5.92 Å². The summed E-state index contributed by atoms with van der Waals surface area (Å²) in [6.07, 6.45) is 1.59. The van der Waals surface area contributed by atoms with E-state index in [1.54, 1.807) is 25.3 Å². The van der Waals surface area contributed by atoms with E-state index in [4.69, 9.17) is 32.8 Å². The van der Waals surface area contributed by atoms with Gasteiger partial charge in [0.2, 0.25) is 0 Å². The Kier molecular flexibility index (Phi) is 9.91. The molecule has 3 rings (SSSR count). The fourth-order valence-electron chi connectivity index (χ4n) is 3.45. The fraction of sp³-hybridized carbons (Fsp3) is 0.364. The van der Waals surface area contributed by atoms with Gasteiger partial charge in [-0.2, -0.15) is 0 Å². The Labute approximate surface area is 198 Å². The number of hydrogen-bond donors (Lipinski definition) is 1. The smallest absolute Gasteiger partial charge is 0.307 e. The Morgan fingerprint density at radius 1 is 1.26 bits per heavy atom. The van der Waals surface area contributed by atoms with Crippen LogP contribution in [0.5, 0.6) is 5.75 Å². The van der Waals surface area contributed by atoms with Crippen LogP contribution in [-0.4, -0.2) is 55.0 Å². The van der Waals surface area contributed by atoms with E-state index in [0.29, 0.717) is 46.8 Å². The third-order valence-electron chi connectivity index (χ3n) is 5.04. The van der Waals surface area contributed by atoms with Crippen LogP contribution in [0.4, 0.5) is 0 Å². The molecular weight excluding hydrogens is 463 g/mol. The normalized spacial score (nSPS) is 17.0. The second kappa shape index (κ2) is 12.2. The van der Waals surface area contributed by atoms with Gasteiger partial charge in [-0.3, -0.25) is 9.69 Å². The van der Waals surface area contributed by atoms with Crippen LogP contribution in [0.3, 0.4) is 0 Å². The molecule has 2 aromatic rings. The van der Waals surface area contributed by atoms with E-state index in [0.717, 1.165) is 24.9 Å². The summed E-state index contributed by atoms with van der Waals surface area (Å²) in [5.41, 5.74) is 2.05. The number of carboxylic acid groups (broad SMARTS) is 1. The molecule has 0 amide bonds. The van der Waals surface area contributed by atoms with Crippen molar-refractivity contribution < 1.29 is 19.5 Å². The van der Waals surface area contributed by atoms with Crippen LogP contribution in [0.1, 0.15) is 24.0 Å². The zero-order valence-electron chi connectivity index (χ0n) is 17.1. The van der Waals surface area contributed by atoms with Gasteiger partial charge in [-0.05, 0) is 49.7 Å². The first-order chi connectivity index (χ1) is 14.5. The number of oxime groups is 1. The van der Waals surface area contributed by atoms with E-state index in [1.807, 2.05) is 24.3 Å². The molecule has 1 unspecified atom stereocenters. The molecule has 1 aliphatic heterocycles. The molecule has 0 aromatic heterocycles. The maximum Gasteiger partial charge on any atom is 0.307 e. The third-order valence-corrected chi connectivity index (χ3v) is 5.59. The molecule has 0 saturated carbocycles. The highest BCUT2D eigenvalue weighted by molar-refractivity contribution is 6.37. The van der Waals surface area contributed by atoms with Gasteiger partial charge < -0.3 is 14.7 Å². The van der Waals surface area contributed by atoms with E-state index in [2.05, 4.69) is 10.1 Å². The van der Waals surface area contributed by atoms with Crippen molar-refractivity contribution in [3.8, 4) is 5.75 Å². The van der Waals surface area contributed by atoms with E-state index >= 15 is 0 Å². The second-order valence-corrected chi connectivity index (χ2v) is 7.95. The van der Waals surface area contributed by atoms with Gasteiger partial charge in [0.15, 0.2) is 0 Å². The maximum atomic E-state index is 11.2. The highest BCUT2D eigenvalue weighted by Crippen LogP contribution is 2.25. The molecule has 1 aliphatic rings. The highest BCUT2D eigenvalue weighted by atomic mass is 35.5. The molecule has 0 spiro atoms. The lowest BCUT2D eigenvalue weighted by Gasteiger charge is -2.29. The highest BCUT2D eigenvalue weighted by Gasteiger charge is 2.25. The molecule has 1 N–H and O–H groups in total. The maximum absolute atomic E-state index is 11.2. The van der Waals surface area contributed by atoms with Crippen molar-refractivity contribution in [3.63, 3.8) is 0 Å². The standard InChI is InChI=1S/C22H24Cl2N2O4.ClH/c1-29-18-6-2-4-15(12-18)21(19-8-7-17(23)13-20(19)24)25-30-11-10-26-9-3-5-16(14-26)22(27)28;/h2,4,6-8,12-13,16H,3,5,9-11,14H2,1H3,(H,27,28);1H. The first-order valence-electron chi connectivity index (χ1n) is 9.73. The zero-order valence-corrected chi connectivity index (χ0v) is 19.4. The van der Waals surface area contributed by atoms with Gasteiger partial charge in [0.05, 0.1) is 18.1 Å². The molecular formula is C22H25Cl3N2O4. The van der Waals surface area contributed by atoms with Crippen molar-refractivity contribution >= 4 is 47.3 Å². The molecule has 2 aromatic carbocycles. The minimum absolute atomic E-state index is 0. The lowest BCUT2D eigenvalue weighted by atomic mass is 9.98. The Hall–Kier alpha value is -1.99. The molecule has 0 radical (unpaired) electrons. The van der Waals surface area contributed by atoms with Crippen LogP contribution in [0.15, 0.2) is 47.6 Å². The molecule has 168 valence electrons. The molecule has 1 heterocycles. The number of carbonyl (C=O) groups is 1. The minimum Gasteiger partial charge on any atom is -0.497 e. The van der Waals surface area contributed by atoms with Crippen LogP contribution in [0.2, 0.25) is 10.0 Å². The molecule has 0 bridgehead atoms. The molecule has 6 nitrogen and oxygen atoms in total. The predicted molar refractivity (Wildman–Crippen MR) is 125 cm³/mol. The third kappa shape index (κ3) is 7.01. The lowest BCUT2D eigenvalue weighted by molar-refractivity contribution is -0.143. The number of likely N-dealkylation sites (tertiary alicyclic amines) is 1. The Bertz CT molecular complexity index is 923. The topological polar surface area (TPSA) is 71.4 Å². The summed E-state index contributed by atoms with van der Waals surface area (Å²) in [5.74, 6) is -0.364. The summed E-state index contributed by atoms with van der Waals surface area (Å²) >= 11 is 12.5. The first kappa shape index (κ1) is 25.3. The number of ether oxygens (including phenoxy) is 1. The number of hydrogen-bond acceptors (Lipinski definition) is 5. The van der Waals surface area contributed by atoms with Crippen molar-refractivity contribution in [3.05, 3.63) is 63.6 Å². The van der Waals surface area contributed by atoms with Gasteiger partial charge in [-0.25, -0.2) is 0 Å². The number of nitrogens with zero attached hydrogens (tertiary/aromatic N) is 2. The van der Waals surface area contributed by atoms with Crippen molar-refractivity contribution in [1.82, 2.24) is 4.90 Å². The predicted octanol–water partition coefficient (Wildman–Crippen LogP) is 4.99. The molecule has 1 atom stereocenters. The molecule has 1 fully saturated rings. The zero-order chi connectivity index (χ0) is 21.5. The van der Waals surface area contributed by atoms with Crippen LogP contribution >= 0.6 is 35.6 Å². The summed E-state index contributed by atoms with van der Waals surface area (Å²) in [5, 5.41) is 14.6. The molecule has 0 aliphatic carbocycles. The Morgan fingerprint density at radius 2 is 2.06 bits per heavy atom. The fourth-order valence-corrected chi connectivity index (χ4v) is 3.95. The van der Waals surface area contributed by atoms with Crippen LogP contribution in [-0.2, 0) is 9.63 Å². The number of halogens is 3. The van der Waals surface area contributed by atoms with E-state index in [-0.39, 0.29) is 18.3 Å². The lowest BCUT2D eigenvalue weighted by Crippen LogP contribution is -2.40. The van der Waals surface area contributed by atoms with Crippen molar-refractivity contribution in [2.24, 2.45) is 11.1 Å². The SMILES string of the molecule is COc1cccc(C(=NOCCN2CCCC(C(=O)O)C2)c2ccc(Cl)cc2Cl)c1.Cl. The number of rotatable bonds is 8. The van der Waals surface area contributed by atoms with Crippen LogP contribution in [0.25, 0.3) is 0 Å². The largest absolute Gasteiger partial charge is 0.497 e. The first-order valence-corrected chi connectivity index (χ1v) is 10.5. The van der Waals surface area contributed by atoms with E-state index < -0.39 is 5.97 Å². The van der Waals surface area contributed by atoms with E-state index in [9.17, 15) is 9.90 Å². The quantitative estimate of drug-likeness (QED) is 0.323. The van der Waals surface area contributed by atoms with Gasteiger partial charge in [0.1, 0.15) is 18.1 Å². The van der Waals surface area contributed by atoms with Gasteiger partial charge >= 0.3 is 5.97 Å². The van der Waals surface area contributed by atoms with Gasteiger partial charge in [-0.1, -0.05) is 40.5 Å². The molecule has 1 saturated heterocycles. The van der Waals surface area contributed by atoms with Gasteiger partial charge in [0, 0.05) is 29.2 Å². The summed E-state index contributed by atoms with van der Waals surface area (Å²) in [4.78, 5) is 19.0. The number of aliphatic carboxylic acids is 1. The summed E-state index contributed by atoms with van der Waals surface area (Å²) < 4.78 is 5.32. The minimum atomic E-state index is -0.740. The Morgan fingerprint density at radius 3 is 2.77 bits per heavy atom. The summed E-state index contributed by atoms with van der Waals surface area (Å²) in [6, 6.07) is 12.7. The molecule has 31 heavy (non-hydrogen) atoms. The monoisotopic (exact) mass is 486 g/mol. The number of methoxy groups -OCH3 is 1. The van der Waals surface area contributed by atoms with E-state index in [1.165, 1.54) is 0 Å². The van der Waals surface area contributed by atoms with Crippen LogP contribution < -0.4 is 4.74 Å². The number of piperidine rings is 1. The van der Waals surface area contributed by atoms with Crippen molar-refractivity contribution in [2.45, 2.75) is 12.8 Å². The summed E-state index contributed by atoms with van der Waals surface area (Å²) in [7, 11) is 1.60. The van der Waals surface area contributed by atoms with Crippen molar-refractivity contribution in [2.75, 3.05) is 33.4 Å².